The first kappa shape index (κ1) is 14.3. The van der Waals surface area contributed by atoms with Gasteiger partial charge in [0.15, 0.2) is 0 Å². The molecule has 3 aromatic rings. The van der Waals surface area contributed by atoms with E-state index in [0.717, 1.165) is 18.9 Å². The van der Waals surface area contributed by atoms with E-state index in [1.54, 1.807) is 0 Å². The average molecular weight is 288 g/mol. The van der Waals surface area contributed by atoms with Crippen LogP contribution in [0.15, 0.2) is 79.0 Å². The van der Waals surface area contributed by atoms with E-state index in [-0.39, 0.29) is 0 Å². The summed E-state index contributed by atoms with van der Waals surface area (Å²) in [5.41, 5.74) is 3.79. The van der Waals surface area contributed by atoms with Crippen LogP contribution < -0.4 is 4.90 Å². The minimum atomic E-state index is 0.855. The van der Waals surface area contributed by atoms with Crippen LogP contribution in [0.25, 0.3) is 0 Å². The van der Waals surface area contributed by atoms with Crippen LogP contribution in [0.4, 0.5) is 5.82 Å². The highest BCUT2D eigenvalue weighted by molar-refractivity contribution is 5.47. The molecule has 2 aromatic carbocycles. The molecule has 0 aliphatic rings. The molecule has 0 spiro atoms. The van der Waals surface area contributed by atoms with E-state index in [0.29, 0.717) is 0 Å². The molecule has 0 saturated carbocycles. The van der Waals surface area contributed by atoms with Crippen molar-refractivity contribution in [3.63, 3.8) is 0 Å². The zero-order valence-corrected chi connectivity index (χ0v) is 12.8. The summed E-state index contributed by atoms with van der Waals surface area (Å²) < 4.78 is 0. The van der Waals surface area contributed by atoms with Gasteiger partial charge in [0, 0.05) is 19.3 Å². The summed E-state index contributed by atoms with van der Waals surface area (Å²) in [7, 11) is 0. The smallest absolute Gasteiger partial charge is 0.132 e. The summed E-state index contributed by atoms with van der Waals surface area (Å²) in [5, 5.41) is 0. The van der Waals surface area contributed by atoms with Crippen LogP contribution in [0, 0.1) is 6.92 Å². The quantitative estimate of drug-likeness (QED) is 0.682. The van der Waals surface area contributed by atoms with Crippen molar-refractivity contribution in [2.24, 2.45) is 0 Å². The van der Waals surface area contributed by atoms with Gasteiger partial charge in [0.05, 0.1) is 0 Å². The van der Waals surface area contributed by atoms with Crippen molar-refractivity contribution in [3.05, 3.63) is 95.7 Å². The lowest BCUT2D eigenvalue weighted by Gasteiger charge is -2.25. The normalized spacial score (nSPS) is 10.4. The fourth-order valence-electron chi connectivity index (χ4n) is 2.62. The summed E-state index contributed by atoms with van der Waals surface area (Å²) in [4.78, 5) is 6.93. The van der Waals surface area contributed by atoms with Crippen molar-refractivity contribution in [2.45, 2.75) is 20.0 Å². The standard InChI is InChI=1S/C20H20N2/c1-17-9-8-14-21-20(17)22(15-18-10-4-2-5-11-18)16-19-12-6-3-7-13-19/h2-14H,15-16H2,1H3. The number of aryl methyl sites for hydroxylation is 1. The molecule has 0 aliphatic heterocycles. The van der Waals surface area contributed by atoms with Gasteiger partial charge in [-0.05, 0) is 29.7 Å². The minimum Gasteiger partial charge on any atom is -0.348 e. The molecule has 0 unspecified atom stereocenters. The number of hydrogen-bond acceptors (Lipinski definition) is 2. The van der Waals surface area contributed by atoms with Crippen molar-refractivity contribution in [2.75, 3.05) is 4.90 Å². The van der Waals surface area contributed by atoms with Gasteiger partial charge in [-0.25, -0.2) is 4.98 Å². The summed E-state index contributed by atoms with van der Waals surface area (Å²) in [6.07, 6.45) is 1.87. The maximum absolute atomic E-state index is 4.60. The van der Waals surface area contributed by atoms with Crippen LogP contribution >= 0.6 is 0 Å². The molecule has 2 heteroatoms. The van der Waals surface area contributed by atoms with Gasteiger partial charge in [0.1, 0.15) is 5.82 Å². The Labute approximate surface area is 132 Å². The van der Waals surface area contributed by atoms with Gasteiger partial charge in [0.2, 0.25) is 0 Å². The number of aromatic nitrogens is 1. The maximum Gasteiger partial charge on any atom is 0.132 e. The molecule has 110 valence electrons. The van der Waals surface area contributed by atoms with Gasteiger partial charge in [0.25, 0.3) is 0 Å². The second kappa shape index (κ2) is 6.90. The van der Waals surface area contributed by atoms with Gasteiger partial charge in [-0.3, -0.25) is 0 Å². The van der Waals surface area contributed by atoms with Gasteiger partial charge < -0.3 is 4.90 Å². The monoisotopic (exact) mass is 288 g/mol. The largest absolute Gasteiger partial charge is 0.348 e. The van der Waals surface area contributed by atoms with E-state index in [1.807, 2.05) is 12.3 Å². The maximum atomic E-state index is 4.60. The van der Waals surface area contributed by atoms with E-state index in [2.05, 4.69) is 83.5 Å². The fourth-order valence-corrected chi connectivity index (χ4v) is 2.62. The van der Waals surface area contributed by atoms with Crippen LogP contribution in [-0.4, -0.2) is 4.98 Å². The highest BCUT2D eigenvalue weighted by Crippen LogP contribution is 2.21. The van der Waals surface area contributed by atoms with E-state index in [9.17, 15) is 0 Å². The molecule has 0 aliphatic carbocycles. The van der Waals surface area contributed by atoms with Gasteiger partial charge in [-0.15, -0.1) is 0 Å². The number of nitrogens with zero attached hydrogens (tertiary/aromatic N) is 2. The number of rotatable bonds is 5. The summed E-state index contributed by atoms with van der Waals surface area (Å²) in [6.45, 7) is 3.83. The minimum absolute atomic E-state index is 0.855. The van der Waals surface area contributed by atoms with Gasteiger partial charge in [-0.2, -0.15) is 0 Å². The third kappa shape index (κ3) is 3.53. The molecule has 2 nitrogen and oxygen atoms in total. The second-order valence-electron chi connectivity index (χ2n) is 5.47. The molecular formula is C20H20N2. The summed E-state index contributed by atoms with van der Waals surface area (Å²) >= 11 is 0. The average Bonchev–Trinajstić information content (AvgIpc) is 2.57. The number of benzene rings is 2. The highest BCUT2D eigenvalue weighted by Gasteiger charge is 2.11. The lowest BCUT2D eigenvalue weighted by molar-refractivity contribution is 0.779. The molecule has 0 amide bonds. The molecule has 0 N–H and O–H groups in total. The Morgan fingerprint density at radius 2 is 1.27 bits per heavy atom. The van der Waals surface area contributed by atoms with Crippen molar-refractivity contribution in [3.8, 4) is 0 Å². The lowest BCUT2D eigenvalue weighted by Crippen LogP contribution is -2.23. The number of hydrogen-bond donors (Lipinski definition) is 0. The third-order valence-corrected chi connectivity index (χ3v) is 3.71. The Hall–Kier alpha value is -2.61. The predicted molar refractivity (Wildman–Crippen MR) is 91.7 cm³/mol. The van der Waals surface area contributed by atoms with E-state index < -0.39 is 0 Å². The van der Waals surface area contributed by atoms with E-state index >= 15 is 0 Å². The SMILES string of the molecule is Cc1cccnc1N(Cc1ccccc1)Cc1ccccc1. The summed E-state index contributed by atoms with van der Waals surface area (Å²) in [6, 6.07) is 25.2. The van der Waals surface area contributed by atoms with Gasteiger partial charge in [-0.1, -0.05) is 66.7 Å². The van der Waals surface area contributed by atoms with E-state index in [4.69, 9.17) is 0 Å². The molecule has 0 atom stereocenters. The van der Waals surface area contributed by atoms with Crippen LogP contribution in [0.2, 0.25) is 0 Å². The summed E-state index contributed by atoms with van der Waals surface area (Å²) in [5.74, 6) is 1.05. The fraction of sp³-hybridized carbons (Fsp3) is 0.150. The van der Waals surface area contributed by atoms with Crippen LogP contribution in [0.1, 0.15) is 16.7 Å². The third-order valence-electron chi connectivity index (χ3n) is 3.71. The second-order valence-corrected chi connectivity index (χ2v) is 5.47. The first-order valence-corrected chi connectivity index (χ1v) is 7.57. The van der Waals surface area contributed by atoms with E-state index in [1.165, 1.54) is 16.7 Å². The number of anilines is 1. The molecule has 1 heterocycles. The molecule has 0 radical (unpaired) electrons. The van der Waals surface area contributed by atoms with Crippen LogP contribution in [0.3, 0.4) is 0 Å². The molecule has 3 rings (SSSR count). The van der Waals surface area contributed by atoms with Crippen LogP contribution in [-0.2, 0) is 13.1 Å². The first-order chi connectivity index (χ1) is 10.8. The molecule has 0 saturated heterocycles. The predicted octanol–water partition coefficient (Wildman–Crippen LogP) is 4.60. The van der Waals surface area contributed by atoms with Crippen molar-refractivity contribution < 1.29 is 0 Å². The molecule has 22 heavy (non-hydrogen) atoms. The van der Waals surface area contributed by atoms with Crippen molar-refractivity contribution in [1.82, 2.24) is 4.98 Å². The molecule has 1 aromatic heterocycles. The Balaban J connectivity index is 1.90. The Morgan fingerprint density at radius 1 is 0.727 bits per heavy atom. The van der Waals surface area contributed by atoms with Crippen molar-refractivity contribution in [1.29, 1.82) is 0 Å². The topological polar surface area (TPSA) is 16.1 Å². The van der Waals surface area contributed by atoms with Gasteiger partial charge >= 0.3 is 0 Å². The van der Waals surface area contributed by atoms with Crippen LogP contribution in [0.5, 0.6) is 0 Å². The highest BCUT2D eigenvalue weighted by atomic mass is 15.2. The van der Waals surface area contributed by atoms with Crippen molar-refractivity contribution >= 4 is 5.82 Å². The molecular weight excluding hydrogens is 268 g/mol. The zero-order chi connectivity index (χ0) is 15.2. The molecule has 0 fully saturated rings. The number of pyridine rings is 1. The first-order valence-electron chi connectivity index (χ1n) is 7.57. The zero-order valence-electron chi connectivity index (χ0n) is 12.8. The lowest BCUT2D eigenvalue weighted by atomic mass is 10.1. The Bertz CT molecular complexity index is 667. The Kier molecular flexibility index (Phi) is 4.50. The molecule has 0 bridgehead atoms. The Morgan fingerprint density at radius 3 is 1.77 bits per heavy atom.